The molecule has 1 nitrogen and oxygen atoms in total. The normalized spacial score (nSPS) is 7.30. The number of aromatic hydroxyl groups is 1. The molecule has 51 valence electrons. The van der Waals surface area contributed by atoms with Gasteiger partial charge in [0.1, 0.15) is 5.75 Å². The second kappa shape index (κ2) is 6.05. The average Bonchev–Trinajstić information content (AvgIpc) is 1.77. The van der Waals surface area contributed by atoms with E-state index in [0.29, 0.717) is 5.75 Å². The van der Waals surface area contributed by atoms with E-state index in [0.717, 1.165) is 5.56 Å². The fourth-order valence-corrected chi connectivity index (χ4v) is 0.563. The quantitative estimate of drug-likeness (QED) is 0.584. The molecule has 1 aromatic rings. The van der Waals surface area contributed by atoms with E-state index in [9.17, 15) is 0 Å². The molecule has 0 aliphatic rings. The molecular weight excluding hydrogens is 159 g/mol. The zero-order valence-electron chi connectivity index (χ0n) is 6.16. The third-order valence-electron chi connectivity index (χ3n) is 1.12. The maximum atomic E-state index is 8.92. The molecule has 0 spiro atoms. The van der Waals surface area contributed by atoms with Gasteiger partial charge in [0.05, 0.1) is 0 Å². The summed E-state index contributed by atoms with van der Waals surface area (Å²) >= 11 is 0. The summed E-state index contributed by atoms with van der Waals surface area (Å²) in [6.07, 6.45) is 0. The van der Waals surface area contributed by atoms with Gasteiger partial charge < -0.3 is 5.11 Å². The molecule has 0 aromatic heterocycles. The van der Waals surface area contributed by atoms with Gasteiger partial charge in [-0.15, -0.1) is 12.4 Å². The first-order chi connectivity index (χ1) is 3.80. The molecule has 1 radical (unpaired) electrons. The molecule has 1 rings (SSSR count). The van der Waals surface area contributed by atoms with Crippen molar-refractivity contribution >= 4 is 42.0 Å². The summed E-state index contributed by atoms with van der Waals surface area (Å²) in [7, 11) is 0. The third-order valence-corrected chi connectivity index (χ3v) is 1.12. The third kappa shape index (κ3) is 3.47. The van der Waals surface area contributed by atoms with E-state index < -0.39 is 0 Å². The average molecular weight is 168 g/mol. The van der Waals surface area contributed by atoms with Crippen LogP contribution in [-0.2, 0) is 0 Å². The van der Waals surface area contributed by atoms with Crippen molar-refractivity contribution in [2.45, 2.75) is 6.92 Å². The molecule has 1 N–H and O–H groups in total. The predicted molar refractivity (Wildman–Crippen MR) is 45.8 cm³/mol. The molecule has 0 aliphatic heterocycles. The predicted octanol–water partition coefficient (Wildman–Crippen LogP) is 1.74. The summed E-state index contributed by atoms with van der Waals surface area (Å²) in [6, 6.07) is 7.25. The van der Waals surface area contributed by atoms with Crippen LogP contribution in [0.25, 0.3) is 0 Å². The van der Waals surface area contributed by atoms with Crippen LogP contribution in [0.2, 0.25) is 0 Å². The van der Waals surface area contributed by atoms with Crippen LogP contribution < -0.4 is 0 Å². The van der Waals surface area contributed by atoms with Crippen LogP contribution in [0.4, 0.5) is 0 Å². The molecule has 0 saturated heterocycles. The molecule has 0 heterocycles. The summed E-state index contributed by atoms with van der Waals surface area (Å²) in [5.41, 5.74) is 0.924. The largest absolute Gasteiger partial charge is 0.508 e. The molecule has 3 heteroatoms. The number of hydrogen-bond donors (Lipinski definition) is 1. The molecule has 0 atom stereocenters. The van der Waals surface area contributed by atoms with Crippen molar-refractivity contribution in [1.29, 1.82) is 0 Å². The Hall–Kier alpha value is 0.310. The van der Waals surface area contributed by atoms with E-state index in [-0.39, 0.29) is 42.0 Å². The molecule has 0 bridgehead atoms. The number of hydrogen-bond acceptors (Lipinski definition) is 1. The SMILES string of the molecule is Cc1ccccc1O.Cl.[Na]. The van der Waals surface area contributed by atoms with Gasteiger partial charge in [0.25, 0.3) is 0 Å². The van der Waals surface area contributed by atoms with Crippen LogP contribution in [0.3, 0.4) is 0 Å². The maximum absolute atomic E-state index is 8.92. The van der Waals surface area contributed by atoms with Crippen LogP contribution in [0.5, 0.6) is 5.75 Å². The minimum absolute atomic E-state index is 0. The Labute approximate surface area is 89.2 Å². The summed E-state index contributed by atoms with van der Waals surface area (Å²) < 4.78 is 0. The number of phenolic OH excluding ortho intramolecular Hbond substituents is 1. The zero-order valence-corrected chi connectivity index (χ0v) is 8.98. The van der Waals surface area contributed by atoms with E-state index in [4.69, 9.17) is 5.11 Å². The number of phenols is 1. The summed E-state index contributed by atoms with van der Waals surface area (Å²) in [4.78, 5) is 0. The Morgan fingerprint density at radius 1 is 1.20 bits per heavy atom. The van der Waals surface area contributed by atoms with Crippen molar-refractivity contribution in [3.05, 3.63) is 29.8 Å². The van der Waals surface area contributed by atoms with Gasteiger partial charge in [-0.3, -0.25) is 0 Å². The number of para-hydroxylation sites is 1. The fraction of sp³-hybridized carbons (Fsp3) is 0.143. The molecule has 0 fully saturated rings. The van der Waals surface area contributed by atoms with Gasteiger partial charge in [-0.25, -0.2) is 0 Å². The number of halogens is 1. The Morgan fingerprint density at radius 2 is 1.70 bits per heavy atom. The first-order valence-corrected chi connectivity index (χ1v) is 2.55. The van der Waals surface area contributed by atoms with Crippen molar-refractivity contribution in [3.8, 4) is 5.75 Å². The van der Waals surface area contributed by atoms with E-state index in [1.54, 1.807) is 6.07 Å². The Bertz CT molecular complexity index is 170. The maximum Gasteiger partial charge on any atom is 0.118 e. The zero-order chi connectivity index (χ0) is 5.98. The van der Waals surface area contributed by atoms with Gasteiger partial charge >= 0.3 is 0 Å². The molecule has 0 saturated carbocycles. The van der Waals surface area contributed by atoms with E-state index in [2.05, 4.69) is 0 Å². The molecule has 1 aromatic carbocycles. The minimum atomic E-state index is 0. The van der Waals surface area contributed by atoms with Crippen molar-refractivity contribution in [1.82, 2.24) is 0 Å². The second-order valence-electron chi connectivity index (χ2n) is 1.79. The van der Waals surface area contributed by atoms with Gasteiger partial charge in [0.15, 0.2) is 0 Å². The number of rotatable bonds is 0. The van der Waals surface area contributed by atoms with E-state index in [1.807, 2.05) is 25.1 Å². The van der Waals surface area contributed by atoms with Crippen molar-refractivity contribution in [2.75, 3.05) is 0 Å². The van der Waals surface area contributed by atoms with Crippen LogP contribution in [0.1, 0.15) is 5.56 Å². The number of benzene rings is 1. The first kappa shape index (κ1) is 12.9. The fourth-order valence-electron chi connectivity index (χ4n) is 0.563. The molecule has 0 aliphatic carbocycles. The van der Waals surface area contributed by atoms with Crippen LogP contribution in [-0.4, -0.2) is 34.7 Å². The van der Waals surface area contributed by atoms with Gasteiger partial charge in [0, 0.05) is 29.6 Å². The van der Waals surface area contributed by atoms with Gasteiger partial charge in [-0.1, -0.05) is 18.2 Å². The first-order valence-electron chi connectivity index (χ1n) is 2.55. The Kier molecular flexibility index (Phi) is 7.83. The van der Waals surface area contributed by atoms with Crippen LogP contribution >= 0.6 is 12.4 Å². The molecule has 0 amide bonds. The Morgan fingerprint density at radius 3 is 2.00 bits per heavy atom. The van der Waals surface area contributed by atoms with Gasteiger partial charge in [-0.2, -0.15) is 0 Å². The van der Waals surface area contributed by atoms with E-state index >= 15 is 0 Å². The second-order valence-corrected chi connectivity index (χ2v) is 1.79. The van der Waals surface area contributed by atoms with Crippen molar-refractivity contribution < 1.29 is 5.11 Å². The molecule has 0 unspecified atom stereocenters. The smallest absolute Gasteiger partial charge is 0.118 e. The summed E-state index contributed by atoms with van der Waals surface area (Å²) in [5, 5.41) is 8.92. The van der Waals surface area contributed by atoms with Crippen LogP contribution in [0, 0.1) is 6.92 Å². The topological polar surface area (TPSA) is 20.2 Å². The van der Waals surface area contributed by atoms with Crippen molar-refractivity contribution in [2.24, 2.45) is 0 Å². The summed E-state index contributed by atoms with van der Waals surface area (Å²) in [6.45, 7) is 1.87. The van der Waals surface area contributed by atoms with Crippen molar-refractivity contribution in [3.63, 3.8) is 0 Å². The van der Waals surface area contributed by atoms with Gasteiger partial charge in [0.2, 0.25) is 0 Å². The van der Waals surface area contributed by atoms with Gasteiger partial charge in [-0.05, 0) is 18.6 Å². The van der Waals surface area contributed by atoms with E-state index in [1.165, 1.54) is 0 Å². The van der Waals surface area contributed by atoms with Crippen LogP contribution in [0.15, 0.2) is 24.3 Å². The molecule has 10 heavy (non-hydrogen) atoms. The summed E-state index contributed by atoms with van der Waals surface area (Å²) in [5.74, 6) is 0.368. The number of aryl methyl sites for hydroxylation is 1. The Balaban J connectivity index is 0. The molecular formula is C7H9ClNaO. The monoisotopic (exact) mass is 167 g/mol. The standard InChI is InChI=1S/C7H8O.ClH.Na/c1-6-4-2-3-5-7(6)8;;/h2-5,8H,1H3;1H;. The minimum Gasteiger partial charge on any atom is -0.508 e.